The van der Waals surface area contributed by atoms with Gasteiger partial charge in [-0.3, -0.25) is 4.79 Å². The zero-order valence-electron chi connectivity index (χ0n) is 14.9. The van der Waals surface area contributed by atoms with Crippen LogP contribution in [0.25, 0.3) is 0 Å². The van der Waals surface area contributed by atoms with Crippen LogP contribution >= 0.6 is 0 Å². The average Bonchev–Trinajstić information content (AvgIpc) is 2.64. The van der Waals surface area contributed by atoms with Gasteiger partial charge in [-0.1, -0.05) is 6.92 Å². The standard InChI is InChI=1S/C20H25N3O2/c1-3-25-17-8-6-16(7-9-17)22-19-18(5-4-12-21-19)20(24)23-13-10-15(2)11-14-23/h4-9,12,15H,3,10-11,13-14H2,1-2H3,(H,21,22). The van der Waals surface area contributed by atoms with Crippen LogP contribution in [0, 0.1) is 5.92 Å². The van der Waals surface area contributed by atoms with E-state index in [0.717, 1.165) is 37.4 Å². The predicted octanol–water partition coefficient (Wildman–Crippen LogP) is 4.10. The summed E-state index contributed by atoms with van der Waals surface area (Å²) in [5, 5.41) is 3.26. The first-order valence-corrected chi connectivity index (χ1v) is 8.91. The monoisotopic (exact) mass is 339 g/mol. The second-order valence-corrected chi connectivity index (χ2v) is 6.46. The quantitative estimate of drug-likeness (QED) is 0.891. The molecule has 1 N–H and O–H groups in total. The molecule has 0 unspecified atom stereocenters. The molecule has 1 amide bonds. The van der Waals surface area contributed by atoms with Crippen molar-refractivity contribution in [3.63, 3.8) is 0 Å². The van der Waals surface area contributed by atoms with Crippen molar-refractivity contribution < 1.29 is 9.53 Å². The summed E-state index contributed by atoms with van der Waals surface area (Å²) in [6, 6.07) is 11.3. The molecule has 0 bridgehead atoms. The number of carbonyl (C=O) groups is 1. The third kappa shape index (κ3) is 4.29. The van der Waals surface area contributed by atoms with Crippen LogP contribution in [0.3, 0.4) is 0 Å². The lowest BCUT2D eigenvalue weighted by Crippen LogP contribution is -2.38. The molecule has 0 spiro atoms. The van der Waals surface area contributed by atoms with E-state index in [1.165, 1.54) is 0 Å². The smallest absolute Gasteiger partial charge is 0.257 e. The molecule has 5 heteroatoms. The van der Waals surface area contributed by atoms with E-state index in [1.54, 1.807) is 6.20 Å². The molecule has 1 aliphatic heterocycles. The molecule has 0 saturated carbocycles. The molecule has 1 fully saturated rings. The number of benzene rings is 1. The number of nitrogens with one attached hydrogen (secondary N) is 1. The molecule has 0 aliphatic carbocycles. The fourth-order valence-corrected chi connectivity index (χ4v) is 3.00. The first-order valence-electron chi connectivity index (χ1n) is 8.91. The fraction of sp³-hybridized carbons (Fsp3) is 0.400. The third-order valence-electron chi connectivity index (χ3n) is 4.54. The van der Waals surface area contributed by atoms with Crippen LogP contribution in [-0.2, 0) is 0 Å². The van der Waals surface area contributed by atoms with Crippen LogP contribution in [-0.4, -0.2) is 35.5 Å². The number of piperidine rings is 1. The number of anilines is 2. The number of carbonyl (C=O) groups excluding carboxylic acids is 1. The number of pyridine rings is 1. The average molecular weight is 339 g/mol. The minimum absolute atomic E-state index is 0.0495. The molecular formula is C20H25N3O2. The first kappa shape index (κ1) is 17.3. The maximum Gasteiger partial charge on any atom is 0.257 e. The van der Waals surface area contributed by atoms with Crippen molar-refractivity contribution in [1.29, 1.82) is 0 Å². The van der Waals surface area contributed by atoms with Crippen LogP contribution in [0.5, 0.6) is 5.75 Å². The molecular weight excluding hydrogens is 314 g/mol. The van der Waals surface area contributed by atoms with Gasteiger partial charge in [-0.25, -0.2) is 4.98 Å². The topological polar surface area (TPSA) is 54.5 Å². The minimum atomic E-state index is 0.0495. The van der Waals surface area contributed by atoms with Gasteiger partial charge < -0.3 is 15.0 Å². The van der Waals surface area contributed by atoms with Crippen LogP contribution < -0.4 is 10.1 Å². The van der Waals surface area contributed by atoms with E-state index in [0.29, 0.717) is 23.9 Å². The van der Waals surface area contributed by atoms with Gasteiger partial charge in [0.05, 0.1) is 12.2 Å². The van der Waals surface area contributed by atoms with E-state index in [4.69, 9.17) is 4.74 Å². The van der Waals surface area contributed by atoms with Crippen molar-refractivity contribution >= 4 is 17.4 Å². The van der Waals surface area contributed by atoms with Gasteiger partial charge in [0, 0.05) is 25.0 Å². The Kier molecular flexibility index (Phi) is 5.53. The number of hydrogen-bond acceptors (Lipinski definition) is 4. The number of ether oxygens (including phenoxy) is 1. The van der Waals surface area contributed by atoms with Crippen LogP contribution in [0.1, 0.15) is 37.0 Å². The van der Waals surface area contributed by atoms with Crippen LogP contribution in [0.2, 0.25) is 0 Å². The Balaban J connectivity index is 1.75. The zero-order valence-corrected chi connectivity index (χ0v) is 14.9. The second kappa shape index (κ2) is 8.01. The summed E-state index contributed by atoms with van der Waals surface area (Å²) in [6.07, 6.45) is 3.83. The van der Waals surface area contributed by atoms with Crippen LogP contribution in [0.15, 0.2) is 42.6 Å². The van der Waals surface area contributed by atoms with Gasteiger partial charge in [-0.05, 0) is 62.1 Å². The number of aromatic nitrogens is 1. The Labute approximate surface area is 149 Å². The van der Waals surface area contributed by atoms with Crippen molar-refractivity contribution in [3.8, 4) is 5.75 Å². The van der Waals surface area contributed by atoms with Gasteiger partial charge >= 0.3 is 0 Å². The van der Waals surface area contributed by atoms with Gasteiger partial charge in [0.2, 0.25) is 0 Å². The van der Waals surface area contributed by atoms with Crippen molar-refractivity contribution in [1.82, 2.24) is 9.88 Å². The first-order chi connectivity index (χ1) is 12.2. The lowest BCUT2D eigenvalue weighted by molar-refractivity contribution is 0.0698. The van der Waals surface area contributed by atoms with Crippen molar-refractivity contribution in [3.05, 3.63) is 48.2 Å². The summed E-state index contributed by atoms with van der Waals surface area (Å²) < 4.78 is 5.46. The Morgan fingerprint density at radius 3 is 2.64 bits per heavy atom. The number of nitrogens with zero attached hydrogens (tertiary/aromatic N) is 2. The number of amides is 1. The van der Waals surface area contributed by atoms with Crippen molar-refractivity contribution in [2.75, 3.05) is 25.0 Å². The zero-order chi connectivity index (χ0) is 17.6. The highest BCUT2D eigenvalue weighted by molar-refractivity contribution is 5.99. The lowest BCUT2D eigenvalue weighted by atomic mass is 9.98. The van der Waals surface area contributed by atoms with E-state index in [9.17, 15) is 4.79 Å². The lowest BCUT2D eigenvalue weighted by Gasteiger charge is -2.30. The normalized spacial score (nSPS) is 15.0. The SMILES string of the molecule is CCOc1ccc(Nc2ncccc2C(=O)N2CCC(C)CC2)cc1. The largest absolute Gasteiger partial charge is 0.494 e. The number of rotatable bonds is 5. The summed E-state index contributed by atoms with van der Waals surface area (Å²) in [5.41, 5.74) is 1.49. The van der Waals surface area contributed by atoms with Gasteiger partial charge in [0.1, 0.15) is 11.6 Å². The molecule has 1 aliphatic rings. The molecule has 1 aromatic carbocycles. The summed E-state index contributed by atoms with van der Waals surface area (Å²) in [6.45, 7) is 6.47. The Morgan fingerprint density at radius 1 is 1.24 bits per heavy atom. The summed E-state index contributed by atoms with van der Waals surface area (Å²) >= 11 is 0. The molecule has 1 aromatic heterocycles. The highest BCUT2D eigenvalue weighted by atomic mass is 16.5. The van der Waals surface area contributed by atoms with Crippen molar-refractivity contribution in [2.24, 2.45) is 5.92 Å². The number of likely N-dealkylation sites (tertiary alicyclic amines) is 1. The molecule has 1 saturated heterocycles. The molecule has 3 rings (SSSR count). The molecule has 2 heterocycles. The Hall–Kier alpha value is -2.56. The van der Waals surface area contributed by atoms with Gasteiger partial charge in [-0.2, -0.15) is 0 Å². The Morgan fingerprint density at radius 2 is 1.96 bits per heavy atom. The third-order valence-corrected chi connectivity index (χ3v) is 4.54. The molecule has 5 nitrogen and oxygen atoms in total. The predicted molar refractivity (Wildman–Crippen MR) is 99.4 cm³/mol. The summed E-state index contributed by atoms with van der Waals surface area (Å²) in [4.78, 5) is 19.2. The van der Waals surface area contributed by atoms with E-state index in [1.807, 2.05) is 48.2 Å². The highest BCUT2D eigenvalue weighted by Gasteiger charge is 2.23. The fourth-order valence-electron chi connectivity index (χ4n) is 3.00. The maximum absolute atomic E-state index is 12.9. The molecule has 2 aromatic rings. The van der Waals surface area contributed by atoms with Gasteiger partial charge in [-0.15, -0.1) is 0 Å². The maximum atomic E-state index is 12.9. The van der Waals surface area contributed by atoms with Crippen molar-refractivity contribution in [2.45, 2.75) is 26.7 Å². The summed E-state index contributed by atoms with van der Waals surface area (Å²) in [5.74, 6) is 2.16. The van der Waals surface area contributed by atoms with E-state index < -0.39 is 0 Å². The van der Waals surface area contributed by atoms with Crippen LogP contribution in [0.4, 0.5) is 11.5 Å². The number of hydrogen-bond donors (Lipinski definition) is 1. The second-order valence-electron chi connectivity index (χ2n) is 6.46. The van der Waals surface area contributed by atoms with E-state index >= 15 is 0 Å². The molecule has 0 atom stereocenters. The Bertz CT molecular complexity index is 707. The van der Waals surface area contributed by atoms with Gasteiger partial charge in [0.25, 0.3) is 5.91 Å². The van der Waals surface area contributed by atoms with Gasteiger partial charge in [0.15, 0.2) is 0 Å². The molecule has 0 radical (unpaired) electrons. The summed E-state index contributed by atoms with van der Waals surface area (Å²) in [7, 11) is 0. The van der Waals surface area contributed by atoms with E-state index in [-0.39, 0.29) is 5.91 Å². The molecule has 132 valence electrons. The molecule has 25 heavy (non-hydrogen) atoms. The highest BCUT2D eigenvalue weighted by Crippen LogP contribution is 2.24. The van der Waals surface area contributed by atoms with E-state index in [2.05, 4.69) is 17.2 Å². The minimum Gasteiger partial charge on any atom is -0.494 e.